The van der Waals surface area contributed by atoms with E-state index in [1.165, 1.54) is 31.5 Å². The van der Waals surface area contributed by atoms with Crippen LogP contribution in [0.4, 0.5) is 14.6 Å². The summed E-state index contributed by atoms with van der Waals surface area (Å²) in [6.45, 7) is 2.19. The average molecular weight is 513 g/mol. The zero-order chi connectivity index (χ0) is 26.4. The lowest BCUT2D eigenvalue weighted by molar-refractivity contribution is 0.382. The fraction of sp³-hybridized carbons (Fsp3) is 0.143. The van der Waals surface area contributed by atoms with E-state index < -0.39 is 11.6 Å². The van der Waals surface area contributed by atoms with Gasteiger partial charge in [0.15, 0.2) is 5.82 Å². The summed E-state index contributed by atoms with van der Waals surface area (Å²) in [4.78, 5) is 20.5. The standard InChI is InChI=1S/C28H22F2N6O2/c1-3-17-21(29)7-6-14-9-16(37)10-19(22(14)17)24-23(30)25-20(13-32-24)27(36-28(35-25)38-2)34-12-15-11-33-26-18(15)5-4-8-31-26/h4-11,13,37H,3,12H2,1-2H3,(H,31,33)(H,34,35,36). The number of rotatable bonds is 6. The molecule has 0 bridgehead atoms. The van der Waals surface area contributed by atoms with Crippen LogP contribution < -0.4 is 10.1 Å². The Morgan fingerprint density at radius 1 is 1.08 bits per heavy atom. The van der Waals surface area contributed by atoms with E-state index in [4.69, 9.17) is 4.74 Å². The van der Waals surface area contributed by atoms with Gasteiger partial charge in [-0.1, -0.05) is 13.0 Å². The zero-order valence-electron chi connectivity index (χ0n) is 20.5. The molecule has 0 unspecified atom stereocenters. The van der Waals surface area contributed by atoms with E-state index in [2.05, 4.69) is 30.2 Å². The quantitative estimate of drug-likeness (QED) is 0.255. The highest BCUT2D eigenvalue weighted by Gasteiger charge is 2.21. The van der Waals surface area contributed by atoms with Crippen LogP contribution in [-0.2, 0) is 13.0 Å². The minimum absolute atomic E-state index is 0.0177. The van der Waals surface area contributed by atoms with E-state index in [1.807, 2.05) is 25.3 Å². The van der Waals surface area contributed by atoms with Crippen LogP contribution in [0.15, 0.2) is 55.0 Å². The molecule has 0 radical (unpaired) electrons. The molecule has 0 atom stereocenters. The van der Waals surface area contributed by atoms with Crippen LogP contribution in [0.5, 0.6) is 11.8 Å². The summed E-state index contributed by atoms with van der Waals surface area (Å²) < 4.78 is 36.1. The van der Waals surface area contributed by atoms with Crippen molar-refractivity contribution < 1.29 is 18.6 Å². The first-order chi connectivity index (χ1) is 18.5. The zero-order valence-corrected chi connectivity index (χ0v) is 20.5. The molecule has 0 saturated heterocycles. The number of anilines is 1. The summed E-state index contributed by atoms with van der Waals surface area (Å²) in [6.07, 6.45) is 5.40. The number of aromatic amines is 1. The third-order valence-corrected chi connectivity index (χ3v) is 6.59. The largest absolute Gasteiger partial charge is 0.508 e. The second kappa shape index (κ2) is 9.22. The number of pyridine rings is 2. The minimum atomic E-state index is -0.735. The predicted octanol–water partition coefficient (Wildman–Crippen LogP) is 5.89. The van der Waals surface area contributed by atoms with Gasteiger partial charge in [0.05, 0.1) is 12.5 Å². The van der Waals surface area contributed by atoms with E-state index in [1.54, 1.807) is 12.3 Å². The first kappa shape index (κ1) is 23.5. The maximum absolute atomic E-state index is 16.1. The molecule has 0 amide bonds. The van der Waals surface area contributed by atoms with Gasteiger partial charge < -0.3 is 20.1 Å². The van der Waals surface area contributed by atoms with Gasteiger partial charge in [0.25, 0.3) is 0 Å². The summed E-state index contributed by atoms with van der Waals surface area (Å²) in [7, 11) is 1.40. The Morgan fingerprint density at radius 2 is 1.95 bits per heavy atom. The van der Waals surface area contributed by atoms with Crippen molar-refractivity contribution >= 4 is 38.5 Å². The van der Waals surface area contributed by atoms with E-state index in [0.717, 1.165) is 16.6 Å². The number of nitrogens with zero attached hydrogens (tertiary/aromatic N) is 4. The SMILES string of the molecule is CCc1c(F)ccc2cc(O)cc(-c3ncc4c(NCc5c[nH]c6ncccc56)nc(OC)nc4c3F)c12. The average Bonchev–Trinajstić information content (AvgIpc) is 3.35. The lowest BCUT2D eigenvalue weighted by Gasteiger charge is -2.15. The van der Waals surface area contributed by atoms with Crippen molar-refractivity contribution in [3.05, 3.63) is 77.8 Å². The molecule has 3 N–H and O–H groups in total. The van der Waals surface area contributed by atoms with E-state index in [9.17, 15) is 9.50 Å². The molecule has 0 aliphatic heterocycles. The van der Waals surface area contributed by atoms with Crippen molar-refractivity contribution in [2.75, 3.05) is 12.4 Å². The molecule has 6 rings (SSSR count). The van der Waals surface area contributed by atoms with Crippen molar-refractivity contribution in [3.8, 4) is 23.0 Å². The molecular weight excluding hydrogens is 490 g/mol. The molecule has 0 aliphatic carbocycles. The highest BCUT2D eigenvalue weighted by atomic mass is 19.1. The van der Waals surface area contributed by atoms with E-state index in [-0.39, 0.29) is 28.5 Å². The van der Waals surface area contributed by atoms with E-state index >= 15 is 4.39 Å². The van der Waals surface area contributed by atoms with Gasteiger partial charge in [-0.2, -0.15) is 9.97 Å². The Hall–Kier alpha value is -4.86. The second-order valence-corrected chi connectivity index (χ2v) is 8.78. The lowest BCUT2D eigenvalue weighted by Crippen LogP contribution is -2.06. The predicted molar refractivity (Wildman–Crippen MR) is 141 cm³/mol. The topological polar surface area (TPSA) is 109 Å². The van der Waals surface area contributed by atoms with Crippen LogP contribution >= 0.6 is 0 Å². The third-order valence-electron chi connectivity index (χ3n) is 6.59. The molecule has 2 aromatic carbocycles. The molecule has 0 fully saturated rings. The Bertz CT molecular complexity index is 1850. The summed E-state index contributed by atoms with van der Waals surface area (Å²) >= 11 is 0. The number of ether oxygens (including phenoxy) is 1. The number of methoxy groups -OCH3 is 1. The number of phenolic OH excluding ortho intramolecular Hbond substituents is 1. The third kappa shape index (κ3) is 3.81. The maximum atomic E-state index is 16.1. The summed E-state index contributed by atoms with van der Waals surface area (Å²) in [6, 6.07) is 9.58. The number of hydrogen-bond donors (Lipinski definition) is 3. The Balaban J connectivity index is 1.50. The van der Waals surface area contributed by atoms with Gasteiger partial charge in [-0.25, -0.2) is 13.8 Å². The molecule has 4 heterocycles. The van der Waals surface area contributed by atoms with Gasteiger partial charge >= 0.3 is 6.01 Å². The van der Waals surface area contributed by atoms with E-state index in [0.29, 0.717) is 40.5 Å². The van der Waals surface area contributed by atoms with Crippen LogP contribution in [0, 0.1) is 11.6 Å². The number of phenols is 1. The fourth-order valence-corrected chi connectivity index (χ4v) is 4.82. The molecule has 4 aromatic heterocycles. The number of aromatic nitrogens is 5. The molecule has 10 heteroatoms. The second-order valence-electron chi connectivity index (χ2n) is 8.78. The summed E-state index contributed by atoms with van der Waals surface area (Å²) in [5, 5.41) is 16.0. The molecule has 0 saturated carbocycles. The number of benzene rings is 2. The van der Waals surface area contributed by atoms with Gasteiger partial charge in [0, 0.05) is 36.1 Å². The van der Waals surface area contributed by atoms with Crippen LogP contribution in [0.2, 0.25) is 0 Å². The normalized spacial score (nSPS) is 11.5. The van der Waals surface area contributed by atoms with Crippen LogP contribution in [0.3, 0.4) is 0 Å². The molecule has 38 heavy (non-hydrogen) atoms. The number of hydrogen-bond acceptors (Lipinski definition) is 7. The van der Waals surface area contributed by atoms with Gasteiger partial charge in [0.2, 0.25) is 0 Å². The highest BCUT2D eigenvalue weighted by Crippen LogP contribution is 2.38. The monoisotopic (exact) mass is 512 g/mol. The number of fused-ring (bicyclic) bond motifs is 3. The summed E-state index contributed by atoms with van der Waals surface area (Å²) in [5.41, 5.74) is 2.31. The molecule has 0 aliphatic rings. The Labute approximate surface area is 215 Å². The number of aryl methyl sites for hydroxylation is 1. The molecular formula is C28H22F2N6O2. The smallest absolute Gasteiger partial charge is 0.318 e. The first-order valence-electron chi connectivity index (χ1n) is 12.0. The number of aromatic hydroxyl groups is 1. The fourth-order valence-electron chi connectivity index (χ4n) is 4.82. The van der Waals surface area contributed by atoms with Crippen molar-refractivity contribution in [3.63, 3.8) is 0 Å². The molecule has 190 valence electrons. The Kier molecular flexibility index (Phi) is 5.71. The van der Waals surface area contributed by atoms with Crippen LogP contribution in [-0.4, -0.2) is 37.1 Å². The number of halogens is 2. The number of nitrogens with one attached hydrogen (secondary N) is 2. The van der Waals surface area contributed by atoms with Crippen molar-refractivity contribution in [1.82, 2.24) is 24.9 Å². The van der Waals surface area contributed by atoms with Crippen LogP contribution in [0.1, 0.15) is 18.1 Å². The van der Waals surface area contributed by atoms with Crippen molar-refractivity contribution in [2.24, 2.45) is 0 Å². The Morgan fingerprint density at radius 3 is 2.76 bits per heavy atom. The molecule has 0 spiro atoms. The van der Waals surface area contributed by atoms with Gasteiger partial charge in [-0.05, 0) is 58.7 Å². The first-order valence-corrected chi connectivity index (χ1v) is 12.0. The van der Waals surface area contributed by atoms with Gasteiger partial charge in [-0.3, -0.25) is 4.98 Å². The minimum Gasteiger partial charge on any atom is -0.508 e. The number of H-pyrrole nitrogens is 1. The summed E-state index contributed by atoms with van der Waals surface area (Å²) in [5.74, 6) is -0.890. The lowest BCUT2D eigenvalue weighted by atomic mass is 9.94. The highest BCUT2D eigenvalue weighted by molar-refractivity contribution is 6.01. The van der Waals surface area contributed by atoms with Crippen molar-refractivity contribution in [1.29, 1.82) is 0 Å². The molecule has 6 aromatic rings. The molecule has 8 nitrogen and oxygen atoms in total. The van der Waals surface area contributed by atoms with Gasteiger partial charge in [-0.15, -0.1) is 0 Å². The van der Waals surface area contributed by atoms with Crippen LogP contribution in [0.25, 0.3) is 44.0 Å². The van der Waals surface area contributed by atoms with Gasteiger partial charge in [0.1, 0.15) is 34.2 Å². The maximum Gasteiger partial charge on any atom is 0.318 e. The van der Waals surface area contributed by atoms with Crippen molar-refractivity contribution in [2.45, 2.75) is 19.9 Å².